The van der Waals surface area contributed by atoms with Crippen LogP contribution in [0.1, 0.15) is 32.6 Å². The first-order chi connectivity index (χ1) is 7.74. The van der Waals surface area contributed by atoms with Gasteiger partial charge in [-0.25, -0.2) is 0 Å². The third kappa shape index (κ3) is 2.12. The molecule has 0 N–H and O–H groups in total. The lowest BCUT2D eigenvalue weighted by atomic mass is 9.94. The van der Waals surface area contributed by atoms with E-state index in [1.165, 1.54) is 0 Å². The average Bonchev–Trinajstić information content (AvgIpc) is 2.66. The molecule has 0 spiro atoms. The summed E-state index contributed by atoms with van der Waals surface area (Å²) in [6, 6.07) is -0.0168. The van der Waals surface area contributed by atoms with Crippen molar-refractivity contribution in [1.82, 2.24) is 4.90 Å². The average molecular weight is 225 g/mol. The van der Waals surface area contributed by atoms with E-state index in [1.807, 2.05) is 0 Å². The van der Waals surface area contributed by atoms with Crippen LogP contribution in [0, 0.1) is 5.92 Å². The van der Waals surface area contributed by atoms with Gasteiger partial charge in [-0.3, -0.25) is 14.5 Å². The largest absolute Gasteiger partial charge is 0.465 e. The van der Waals surface area contributed by atoms with Gasteiger partial charge in [-0.05, 0) is 45.7 Å². The zero-order valence-corrected chi connectivity index (χ0v) is 9.78. The highest BCUT2D eigenvalue weighted by Crippen LogP contribution is 2.27. The van der Waals surface area contributed by atoms with Crippen molar-refractivity contribution in [3.05, 3.63) is 0 Å². The molecule has 16 heavy (non-hydrogen) atoms. The summed E-state index contributed by atoms with van der Waals surface area (Å²) >= 11 is 0. The first-order valence-electron chi connectivity index (χ1n) is 6.18. The van der Waals surface area contributed by atoms with Crippen LogP contribution < -0.4 is 0 Å². The van der Waals surface area contributed by atoms with E-state index in [-0.39, 0.29) is 17.8 Å². The molecule has 2 aliphatic heterocycles. The maximum absolute atomic E-state index is 12.2. The van der Waals surface area contributed by atoms with Gasteiger partial charge in [0, 0.05) is 0 Å². The van der Waals surface area contributed by atoms with Gasteiger partial charge in [0.1, 0.15) is 5.92 Å². The number of ketones is 1. The molecule has 2 saturated heterocycles. The van der Waals surface area contributed by atoms with Crippen LogP contribution in [0.25, 0.3) is 0 Å². The highest BCUT2D eigenvalue weighted by Gasteiger charge is 2.40. The van der Waals surface area contributed by atoms with Crippen molar-refractivity contribution in [3.8, 4) is 0 Å². The van der Waals surface area contributed by atoms with Crippen molar-refractivity contribution in [2.45, 2.75) is 38.6 Å². The normalized spacial score (nSPS) is 30.9. The van der Waals surface area contributed by atoms with Crippen LogP contribution in [0.2, 0.25) is 0 Å². The van der Waals surface area contributed by atoms with E-state index in [2.05, 4.69) is 4.90 Å². The summed E-state index contributed by atoms with van der Waals surface area (Å²) < 4.78 is 4.98. The van der Waals surface area contributed by atoms with Gasteiger partial charge in [0.05, 0.1) is 12.6 Å². The molecule has 0 saturated carbocycles. The molecule has 4 nitrogen and oxygen atoms in total. The number of nitrogens with zero attached hydrogens (tertiary/aromatic N) is 1. The van der Waals surface area contributed by atoms with Gasteiger partial charge in [0.15, 0.2) is 5.78 Å². The molecule has 0 amide bonds. The molecule has 2 rings (SSSR count). The number of fused-ring (bicyclic) bond motifs is 1. The molecular formula is C12H19NO3. The predicted molar refractivity (Wildman–Crippen MR) is 59.0 cm³/mol. The minimum Gasteiger partial charge on any atom is -0.465 e. The van der Waals surface area contributed by atoms with E-state index in [4.69, 9.17) is 4.74 Å². The Kier molecular flexibility index (Phi) is 3.59. The van der Waals surface area contributed by atoms with E-state index < -0.39 is 5.92 Å². The molecule has 2 heterocycles. The Bertz CT molecular complexity index is 290. The summed E-state index contributed by atoms with van der Waals surface area (Å²) in [5.41, 5.74) is 0. The Labute approximate surface area is 95.9 Å². The second-order valence-electron chi connectivity index (χ2n) is 4.54. The molecule has 2 atom stereocenters. The third-order valence-corrected chi connectivity index (χ3v) is 3.54. The van der Waals surface area contributed by atoms with Gasteiger partial charge in [-0.2, -0.15) is 0 Å². The molecule has 0 bridgehead atoms. The first-order valence-corrected chi connectivity index (χ1v) is 6.18. The van der Waals surface area contributed by atoms with Crippen molar-refractivity contribution in [1.29, 1.82) is 0 Å². The quantitative estimate of drug-likeness (QED) is 0.519. The van der Waals surface area contributed by atoms with Crippen LogP contribution in [0.15, 0.2) is 0 Å². The number of hydrogen-bond acceptors (Lipinski definition) is 4. The van der Waals surface area contributed by atoms with Crippen LogP contribution in [0.5, 0.6) is 0 Å². The minimum absolute atomic E-state index is 0.0168. The third-order valence-electron chi connectivity index (χ3n) is 3.54. The number of carbonyl (C=O) groups is 2. The van der Waals surface area contributed by atoms with E-state index in [0.29, 0.717) is 13.0 Å². The molecule has 2 unspecified atom stereocenters. The fraction of sp³-hybridized carbons (Fsp3) is 0.833. The van der Waals surface area contributed by atoms with Crippen molar-refractivity contribution in [2.75, 3.05) is 19.7 Å². The maximum Gasteiger partial charge on any atom is 0.316 e. The van der Waals surface area contributed by atoms with Crippen LogP contribution in [0.4, 0.5) is 0 Å². The lowest BCUT2D eigenvalue weighted by Gasteiger charge is -2.21. The molecule has 0 radical (unpaired) electrons. The monoisotopic (exact) mass is 225 g/mol. The zero-order valence-electron chi connectivity index (χ0n) is 9.78. The number of Topliss-reactive ketones (excluding diaryl/α,β-unsaturated/α-hetero) is 1. The fourth-order valence-electron chi connectivity index (χ4n) is 2.77. The summed E-state index contributed by atoms with van der Waals surface area (Å²) in [6.45, 7) is 4.09. The summed E-state index contributed by atoms with van der Waals surface area (Å²) in [5.74, 6) is -0.734. The molecule has 90 valence electrons. The summed E-state index contributed by atoms with van der Waals surface area (Å²) in [5, 5.41) is 0. The summed E-state index contributed by atoms with van der Waals surface area (Å²) in [7, 11) is 0. The summed E-state index contributed by atoms with van der Waals surface area (Å²) in [4.78, 5) is 26.1. The minimum atomic E-state index is -0.506. The number of hydrogen-bond donors (Lipinski definition) is 0. The van der Waals surface area contributed by atoms with Gasteiger partial charge in [0.25, 0.3) is 0 Å². The summed E-state index contributed by atoms with van der Waals surface area (Å²) in [6.07, 6.45) is 3.57. The standard InChI is InChI=1S/C12H19NO3/c1-2-16-12(15)9-5-3-7-13-8-4-6-10(13)11(9)14/h9-10H,2-8H2,1H3. The molecule has 0 aliphatic carbocycles. The fourth-order valence-corrected chi connectivity index (χ4v) is 2.77. The smallest absolute Gasteiger partial charge is 0.316 e. The zero-order chi connectivity index (χ0) is 11.5. The number of esters is 1. The Morgan fingerprint density at radius 3 is 2.75 bits per heavy atom. The molecule has 0 aromatic rings. The Morgan fingerprint density at radius 1 is 1.38 bits per heavy atom. The van der Waals surface area contributed by atoms with Crippen LogP contribution in [0.3, 0.4) is 0 Å². The van der Waals surface area contributed by atoms with Crippen molar-refractivity contribution in [3.63, 3.8) is 0 Å². The van der Waals surface area contributed by atoms with Crippen molar-refractivity contribution in [2.24, 2.45) is 5.92 Å². The van der Waals surface area contributed by atoms with E-state index in [9.17, 15) is 9.59 Å². The lowest BCUT2D eigenvalue weighted by Crippen LogP contribution is -2.39. The van der Waals surface area contributed by atoms with E-state index >= 15 is 0 Å². The molecule has 2 aliphatic rings. The van der Waals surface area contributed by atoms with Crippen LogP contribution >= 0.6 is 0 Å². The van der Waals surface area contributed by atoms with Gasteiger partial charge >= 0.3 is 5.97 Å². The molecule has 2 fully saturated rings. The number of carbonyl (C=O) groups excluding carboxylic acids is 2. The van der Waals surface area contributed by atoms with E-state index in [1.54, 1.807) is 6.92 Å². The topological polar surface area (TPSA) is 46.6 Å². The molecule has 0 aromatic carbocycles. The molecule has 0 aromatic heterocycles. The van der Waals surface area contributed by atoms with Gasteiger partial charge in [0.2, 0.25) is 0 Å². The lowest BCUT2D eigenvalue weighted by molar-refractivity contribution is -0.152. The van der Waals surface area contributed by atoms with Crippen molar-refractivity contribution >= 4 is 11.8 Å². The van der Waals surface area contributed by atoms with Crippen molar-refractivity contribution < 1.29 is 14.3 Å². The van der Waals surface area contributed by atoms with Crippen LogP contribution in [-0.4, -0.2) is 42.4 Å². The van der Waals surface area contributed by atoms with Gasteiger partial charge < -0.3 is 4.74 Å². The van der Waals surface area contributed by atoms with Gasteiger partial charge in [-0.15, -0.1) is 0 Å². The van der Waals surface area contributed by atoms with E-state index in [0.717, 1.165) is 32.4 Å². The maximum atomic E-state index is 12.2. The number of rotatable bonds is 2. The second-order valence-corrected chi connectivity index (χ2v) is 4.54. The predicted octanol–water partition coefficient (Wildman–Crippen LogP) is 0.993. The second kappa shape index (κ2) is 4.95. The Hall–Kier alpha value is -0.900. The Morgan fingerprint density at radius 2 is 2.06 bits per heavy atom. The highest BCUT2D eigenvalue weighted by atomic mass is 16.5. The van der Waals surface area contributed by atoms with Gasteiger partial charge in [-0.1, -0.05) is 0 Å². The highest BCUT2D eigenvalue weighted by molar-refractivity contribution is 6.02. The molecule has 4 heteroatoms. The van der Waals surface area contributed by atoms with Crippen LogP contribution in [-0.2, 0) is 14.3 Å². The SMILES string of the molecule is CCOC(=O)C1CCCN2CCCC2C1=O. The molecular weight excluding hydrogens is 206 g/mol. The Balaban J connectivity index is 2.08. The first kappa shape index (κ1) is 11.6. The number of ether oxygens (including phenoxy) is 1.